The van der Waals surface area contributed by atoms with Gasteiger partial charge in [0.05, 0.1) is 5.69 Å². The van der Waals surface area contributed by atoms with E-state index in [-0.39, 0.29) is 0 Å². The Labute approximate surface area is 67.8 Å². The third-order valence-corrected chi connectivity index (χ3v) is 1.01. The second-order valence-corrected chi connectivity index (χ2v) is 1.72. The first-order chi connectivity index (χ1) is 5.33. The molecule has 0 saturated heterocycles. The van der Waals surface area contributed by atoms with E-state index in [0.29, 0.717) is 0 Å². The van der Waals surface area contributed by atoms with Crippen molar-refractivity contribution in [1.82, 2.24) is 4.98 Å². The van der Waals surface area contributed by atoms with Gasteiger partial charge in [0.2, 0.25) is 0 Å². The molecule has 1 aromatic rings. The van der Waals surface area contributed by atoms with Gasteiger partial charge in [-0.15, -0.1) is 0 Å². The van der Waals surface area contributed by atoms with Crippen molar-refractivity contribution in [2.75, 3.05) is 5.73 Å². The van der Waals surface area contributed by atoms with Gasteiger partial charge in [-0.3, -0.25) is 4.98 Å². The van der Waals surface area contributed by atoms with Gasteiger partial charge in [-0.2, -0.15) is 0 Å². The van der Waals surface area contributed by atoms with E-state index < -0.39 is 0 Å². The molecule has 0 amide bonds. The molecule has 1 heterocycles. The van der Waals surface area contributed by atoms with E-state index in [1.807, 2.05) is 13.8 Å². The molecular weight excluding hydrogens is 136 g/mol. The average molecular weight is 150 g/mol. The highest BCUT2D eigenvalue weighted by Crippen LogP contribution is 2.02. The molecule has 0 fully saturated rings. The zero-order chi connectivity index (χ0) is 8.69. The molecule has 0 aliphatic rings. The molecule has 0 aromatic carbocycles. The van der Waals surface area contributed by atoms with Crippen LogP contribution in [0.25, 0.3) is 6.08 Å². The SMILES string of the molecule is C=Cc1cc(N)ccn1.CC. The number of aromatic nitrogens is 1. The Morgan fingerprint density at radius 3 is 2.55 bits per heavy atom. The van der Waals surface area contributed by atoms with Gasteiger partial charge in [0.25, 0.3) is 0 Å². The molecule has 1 aromatic heterocycles. The molecule has 0 bridgehead atoms. The van der Waals surface area contributed by atoms with Crippen molar-refractivity contribution in [3.8, 4) is 0 Å². The highest BCUT2D eigenvalue weighted by molar-refractivity contribution is 5.49. The van der Waals surface area contributed by atoms with Crippen molar-refractivity contribution >= 4 is 11.8 Å². The van der Waals surface area contributed by atoms with Gasteiger partial charge in [0.15, 0.2) is 0 Å². The van der Waals surface area contributed by atoms with Crippen LogP contribution < -0.4 is 5.73 Å². The minimum Gasteiger partial charge on any atom is -0.399 e. The fraction of sp³-hybridized carbons (Fsp3) is 0.222. The number of hydrogen-bond donors (Lipinski definition) is 1. The maximum atomic E-state index is 5.45. The summed E-state index contributed by atoms with van der Waals surface area (Å²) < 4.78 is 0. The first kappa shape index (κ1) is 9.69. The van der Waals surface area contributed by atoms with Crippen LogP contribution in [-0.4, -0.2) is 4.98 Å². The Morgan fingerprint density at radius 1 is 1.55 bits per heavy atom. The van der Waals surface area contributed by atoms with E-state index in [1.54, 1.807) is 24.4 Å². The molecule has 0 radical (unpaired) electrons. The summed E-state index contributed by atoms with van der Waals surface area (Å²) >= 11 is 0. The van der Waals surface area contributed by atoms with Crippen molar-refractivity contribution in [3.63, 3.8) is 0 Å². The van der Waals surface area contributed by atoms with Crippen molar-refractivity contribution in [1.29, 1.82) is 0 Å². The monoisotopic (exact) mass is 150 g/mol. The summed E-state index contributed by atoms with van der Waals surface area (Å²) in [6.45, 7) is 7.55. The zero-order valence-corrected chi connectivity index (χ0v) is 7.04. The van der Waals surface area contributed by atoms with Crippen LogP contribution in [0.2, 0.25) is 0 Å². The van der Waals surface area contributed by atoms with Gasteiger partial charge in [-0.05, 0) is 18.2 Å². The largest absolute Gasteiger partial charge is 0.399 e. The van der Waals surface area contributed by atoms with Crippen LogP contribution >= 0.6 is 0 Å². The van der Waals surface area contributed by atoms with Crippen LogP contribution in [0.4, 0.5) is 5.69 Å². The van der Waals surface area contributed by atoms with Crippen molar-refractivity contribution < 1.29 is 0 Å². The van der Waals surface area contributed by atoms with E-state index in [4.69, 9.17) is 5.73 Å². The first-order valence-corrected chi connectivity index (χ1v) is 3.67. The van der Waals surface area contributed by atoms with E-state index in [0.717, 1.165) is 11.4 Å². The predicted molar refractivity (Wildman–Crippen MR) is 50.1 cm³/mol. The lowest BCUT2D eigenvalue weighted by atomic mass is 10.3. The summed E-state index contributed by atoms with van der Waals surface area (Å²) in [5.41, 5.74) is 6.98. The molecule has 0 atom stereocenters. The van der Waals surface area contributed by atoms with E-state index in [2.05, 4.69) is 11.6 Å². The summed E-state index contributed by atoms with van der Waals surface area (Å²) in [5.74, 6) is 0. The second-order valence-electron chi connectivity index (χ2n) is 1.72. The Hall–Kier alpha value is -1.31. The Bertz CT molecular complexity index is 219. The zero-order valence-electron chi connectivity index (χ0n) is 7.04. The number of nitrogens with zero attached hydrogens (tertiary/aromatic N) is 1. The van der Waals surface area contributed by atoms with Gasteiger partial charge in [0.1, 0.15) is 0 Å². The molecule has 0 unspecified atom stereocenters. The fourth-order valence-corrected chi connectivity index (χ4v) is 0.577. The number of nitrogens with two attached hydrogens (primary N) is 1. The quantitative estimate of drug-likeness (QED) is 0.667. The van der Waals surface area contributed by atoms with Crippen molar-refractivity contribution in [3.05, 3.63) is 30.6 Å². The van der Waals surface area contributed by atoms with Crippen LogP contribution in [-0.2, 0) is 0 Å². The molecule has 0 saturated carbocycles. The Kier molecular flexibility index (Phi) is 4.82. The molecule has 2 N–H and O–H groups in total. The maximum Gasteiger partial charge on any atom is 0.0644 e. The summed E-state index contributed by atoms with van der Waals surface area (Å²) in [6.07, 6.45) is 3.32. The van der Waals surface area contributed by atoms with Gasteiger partial charge in [-0.25, -0.2) is 0 Å². The number of hydrogen-bond acceptors (Lipinski definition) is 2. The summed E-state index contributed by atoms with van der Waals surface area (Å²) in [5, 5.41) is 0. The lowest BCUT2D eigenvalue weighted by Crippen LogP contribution is -1.86. The smallest absolute Gasteiger partial charge is 0.0644 e. The summed E-state index contributed by atoms with van der Waals surface area (Å²) in [4.78, 5) is 3.96. The standard InChI is InChI=1S/C7H8N2.C2H6/c1-2-7-5-6(8)3-4-9-7;1-2/h2-5H,1H2,(H2,8,9);1-2H3. The van der Waals surface area contributed by atoms with Gasteiger partial charge < -0.3 is 5.73 Å². The molecule has 60 valence electrons. The maximum absolute atomic E-state index is 5.45. The van der Waals surface area contributed by atoms with Crippen LogP contribution in [0, 0.1) is 0 Å². The normalized spacial score (nSPS) is 7.82. The highest BCUT2D eigenvalue weighted by atomic mass is 14.7. The lowest BCUT2D eigenvalue weighted by molar-refractivity contribution is 1.30. The molecule has 2 nitrogen and oxygen atoms in total. The molecule has 2 heteroatoms. The van der Waals surface area contributed by atoms with E-state index >= 15 is 0 Å². The van der Waals surface area contributed by atoms with Crippen LogP contribution in [0.3, 0.4) is 0 Å². The van der Waals surface area contributed by atoms with Gasteiger partial charge in [0, 0.05) is 11.9 Å². The number of pyridine rings is 1. The third-order valence-electron chi connectivity index (χ3n) is 1.01. The lowest BCUT2D eigenvalue weighted by Gasteiger charge is -1.91. The number of rotatable bonds is 1. The molecule has 0 aliphatic heterocycles. The fourth-order valence-electron chi connectivity index (χ4n) is 0.577. The minimum absolute atomic E-state index is 0.722. The Morgan fingerprint density at radius 2 is 2.18 bits per heavy atom. The average Bonchev–Trinajstić information content (AvgIpc) is 2.08. The molecular formula is C9H14N2. The van der Waals surface area contributed by atoms with Crippen LogP contribution in [0.1, 0.15) is 19.5 Å². The Balaban J connectivity index is 0.000000461. The topological polar surface area (TPSA) is 38.9 Å². The summed E-state index contributed by atoms with van der Waals surface area (Å²) in [6, 6.07) is 3.51. The van der Waals surface area contributed by atoms with Crippen molar-refractivity contribution in [2.24, 2.45) is 0 Å². The predicted octanol–water partition coefficient (Wildman–Crippen LogP) is 2.33. The number of anilines is 1. The number of nitrogen functional groups attached to an aromatic ring is 1. The van der Waals surface area contributed by atoms with E-state index in [1.165, 1.54) is 0 Å². The van der Waals surface area contributed by atoms with Crippen LogP contribution in [0.15, 0.2) is 24.9 Å². The van der Waals surface area contributed by atoms with Gasteiger partial charge >= 0.3 is 0 Å². The van der Waals surface area contributed by atoms with E-state index in [9.17, 15) is 0 Å². The second kappa shape index (κ2) is 5.47. The van der Waals surface area contributed by atoms with Gasteiger partial charge in [-0.1, -0.05) is 20.4 Å². The third kappa shape index (κ3) is 3.40. The van der Waals surface area contributed by atoms with Crippen molar-refractivity contribution in [2.45, 2.75) is 13.8 Å². The summed E-state index contributed by atoms with van der Waals surface area (Å²) in [7, 11) is 0. The molecule has 1 rings (SSSR count). The molecule has 0 spiro atoms. The highest BCUT2D eigenvalue weighted by Gasteiger charge is 1.85. The first-order valence-electron chi connectivity index (χ1n) is 3.67. The minimum atomic E-state index is 0.722. The van der Waals surface area contributed by atoms with Crippen LogP contribution in [0.5, 0.6) is 0 Å². The molecule has 0 aliphatic carbocycles. The molecule has 11 heavy (non-hydrogen) atoms.